The van der Waals surface area contributed by atoms with Crippen molar-refractivity contribution in [3.05, 3.63) is 42.2 Å². The summed E-state index contributed by atoms with van der Waals surface area (Å²) in [4.78, 5) is 3.49. The first-order chi connectivity index (χ1) is 7.28. The van der Waals surface area contributed by atoms with E-state index >= 15 is 0 Å². The van der Waals surface area contributed by atoms with Gasteiger partial charge in [0.1, 0.15) is 0 Å². The Morgan fingerprint density at radius 3 is 3.07 bits per heavy atom. The number of rotatable bonds is 3. The second-order valence-corrected chi connectivity index (χ2v) is 3.16. The third-order valence-electron chi connectivity index (χ3n) is 2.06. The molecular weight excluding hydrogens is 195 g/mol. The molecule has 1 N–H and O–H groups in total. The summed E-state index contributed by atoms with van der Waals surface area (Å²) in [5.74, 6) is -0.464. The molecule has 0 radical (unpaired) electrons. The molecular formula is C10H11FN4. The molecule has 0 aliphatic heterocycles. The number of nitrogens with one attached hydrogen (secondary N) is 1. The summed E-state index contributed by atoms with van der Waals surface area (Å²) >= 11 is 0. The fraction of sp³-hybridized carbons (Fsp3) is 0.200. The molecule has 0 amide bonds. The molecule has 78 valence electrons. The lowest BCUT2D eigenvalue weighted by Crippen LogP contribution is -2.00. The van der Waals surface area contributed by atoms with Crippen molar-refractivity contribution in [3.63, 3.8) is 0 Å². The summed E-state index contributed by atoms with van der Waals surface area (Å²) in [7, 11) is 1.83. The van der Waals surface area contributed by atoms with E-state index in [1.165, 1.54) is 12.3 Å². The maximum atomic E-state index is 12.8. The lowest BCUT2D eigenvalue weighted by molar-refractivity contribution is 0.577. The number of pyridine rings is 1. The molecule has 4 nitrogen and oxygen atoms in total. The average molecular weight is 206 g/mol. The maximum Gasteiger partial charge on any atom is 0.213 e. The second-order valence-electron chi connectivity index (χ2n) is 3.16. The predicted octanol–water partition coefficient (Wildman–Crippen LogP) is 1.51. The standard InChI is InChI=1S/C10H11FN4/c1-12-9-5-14-15(7-9)6-8-2-3-13-10(11)4-8/h2-5,7,12H,6H2,1H3. The van der Waals surface area contributed by atoms with E-state index in [1.807, 2.05) is 13.2 Å². The van der Waals surface area contributed by atoms with Gasteiger partial charge >= 0.3 is 0 Å². The minimum Gasteiger partial charge on any atom is -0.386 e. The van der Waals surface area contributed by atoms with Crippen LogP contribution in [-0.2, 0) is 6.54 Å². The van der Waals surface area contributed by atoms with Crippen LogP contribution in [0.2, 0.25) is 0 Å². The minimum atomic E-state index is -0.464. The highest BCUT2D eigenvalue weighted by molar-refractivity contribution is 5.37. The fourth-order valence-corrected chi connectivity index (χ4v) is 1.31. The lowest BCUT2D eigenvalue weighted by Gasteiger charge is -2.00. The van der Waals surface area contributed by atoms with Crippen LogP contribution >= 0.6 is 0 Å². The Morgan fingerprint density at radius 2 is 2.40 bits per heavy atom. The van der Waals surface area contributed by atoms with Crippen molar-refractivity contribution in [1.82, 2.24) is 14.8 Å². The number of anilines is 1. The van der Waals surface area contributed by atoms with Crippen molar-refractivity contribution < 1.29 is 4.39 Å². The zero-order valence-electron chi connectivity index (χ0n) is 8.31. The Morgan fingerprint density at radius 1 is 1.53 bits per heavy atom. The summed E-state index contributed by atoms with van der Waals surface area (Å²) in [6.07, 6.45) is 5.03. The highest BCUT2D eigenvalue weighted by Gasteiger charge is 1.99. The van der Waals surface area contributed by atoms with Gasteiger partial charge in [0, 0.05) is 19.4 Å². The second kappa shape index (κ2) is 4.08. The SMILES string of the molecule is CNc1cnn(Cc2ccnc(F)c2)c1. The first-order valence-corrected chi connectivity index (χ1v) is 4.58. The topological polar surface area (TPSA) is 42.7 Å². The summed E-state index contributed by atoms with van der Waals surface area (Å²) in [6, 6.07) is 3.17. The van der Waals surface area contributed by atoms with E-state index in [9.17, 15) is 4.39 Å². The molecule has 2 aromatic rings. The predicted molar refractivity (Wildman–Crippen MR) is 55.1 cm³/mol. The largest absolute Gasteiger partial charge is 0.386 e. The van der Waals surface area contributed by atoms with Gasteiger partial charge in [0.05, 0.1) is 18.4 Å². The van der Waals surface area contributed by atoms with E-state index in [-0.39, 0.29) is 0 Å². The van der Waals surface area contributed by atoms with E-state index in [1.54, 1.807) is 16.9 Å². The number of halogens is 1. The van der Waals surface area contributed by atoms with Crippen LogP contribution in [0.25, 0.3) is 0 Å². The zero-order valence-corrected chi connectivity index (χ0v) is 8.31. The molecule has 2 aromatic heterocycles. The molecule has 0 spiro atoms. The van der Waals surface area contributed by atoms with Gasteiger partial charge in [0.2, 0.25) is 5.95 Å². The number of nitrogens with zero attached hydrogens (tertiary/aromatic N) is 3. The van der Waals surface area contributed by atoms with Crippen molar-refractivity contribution in [3.8, 4) is 0 Å². The zero-order chi connectivity index (χ0) is 10.7. The number of hydrogen-bond donors (Lipinski definition) is 1. The third-order valence-corrected chi connectivity index (χ3v) is 2.06. The van der Waals surface area contributed by atoms with Crippen LogP contribution in [0.1, 0.15) is 5.56 Å². The quantitative estimate of drug-likeness (QED) is 0.774. The summed E-state index contributed by atoms with van der Waals surface area (Å²) in [5.41, 5.74) is 1.78. The van der Waals surface area contributed by atoms with E-state index in [0.29, 0.717) is 6.54 Å². The van der Waals surface area contributed by atoms with Gasteiger partial charge < -0.3 is 5.32 Å². The van der Waals surface area contributed by atoms with Crippen LogP contribution in [-0.4, -0.2) is 21.8 Å². The highest BCUT2D eigenvalue weighted by Crippen LogP contribution is 2.07. The summed E-state index contributed by atoms with van der Waals surface area (Å²) in [5, 5.41) is 7.10. The molecule has 2 rings (SSSR count). The van der Waals surface area contributed by atoms with Gasteiger partial charge in [-0.3, -0.25) is 4.68 Å². The molecule has 5 heteroatoms. The van der Waals surface area contributed by atoms with Crippen molar-refractivity contribution in [2.24, 2.45) is 0 Å². The molecule has 0 aromatic carbocycles. The molecule has 0 aliphatic rings. The summed E-state index contributed by atoms with van der Waals surface area (Å²) < 4.78 is 14.5. The molecule has 2 heterocycles. The van der Waals surface area contributed by atoms with Crippen LogP contribution < -0.4 is 5.32 Å². The summed E-state index contributed by atoms with van der Waals surface area (Å²) in [6.45, 7) is 0.543. The Balaban J connectivity index is 2.14. The Bertz CT molecular complexity index is 452. The van der Waals surface area contributed by atoms with Gasteiger partial charge in [-0.1, -0.05) is 0 Å². The Hall–Kier alpha value is -1.91. The molecule has 0 bridgehead atoms. The normalized spacial score (nSPS) is 10.3. The average Bonchev–Trinajstić information content (AvgIpc) is 2.65. The van der Waals surface area contributed by atoms with E-state index in [2.05, 4.69) is 15.4 Å². The number of aromatic nitrogens is 3. The van der Waals surface area contributed by atoms with Crippen molar-refractivity contribution in [2.75, 3.05) is 12.4 Å². The Labute approximate surface area is 86.8 Å². The van der Waals surface area contributed by atoms with E-state index in [0.717, 1.165) is 11.3 Å². The highest BCUT2D eigenvalue weighted by atomic mass is 19.1. The van der Waals surface area contributed by atoms with E-state index < -0.39 is 5.95 Å². The fourth-order valence-electron chi connectivity index (χ4n) is 1.31. The third kappa shape index (κ3) is 2.31. The monoisotopic (exact) mass is 206 g/mol. The molecule has 0 saturated heterocycles. The van der Waals surface area contributed by atoms with Crippen LogP contribution in [0, 0.1) is 5.95 Å². The van der Waals surface area contributed by atoms with Crippen LogP contribution in [0.4, 0.5) is 10.1 Å². The minimum absolute atomic E-state index is 0.464. The molecule has 15 heavy (non-hydrogen) atoms. The maximum absolute atomic E-state index is 12.8. The molecule has 0 fully saturated rings. The first kappa shape index (κ1) is 9.64. The first-order valence-electron chi connectivity index (χ1n) is 4.58. The van der Waals surface area contributed by atoms with Crippen molar-refractivity contribution in [2.45, 2.75) is 6.54 Å². The van der Waals surface area contributed by atoms with Crippen molar-refractivity contribution in [1.29, 1.82) is 0 Å². The van der Waals surface area contributed by atoms with Gasteiger partial charge in [0.25, 0.3) is 0 Å². The lowest BCUT2D eigenvalue weighted by atomic mass is 10.3. The van der Waals surface area contributed by atoms with E-state index in [4.69, 9.17) is 0 Å². The van der Waals surface area contributed by atoms with Crippen molar-refractivity contribution >= 4 is 5.69 Å². The van der Waals surface area contributed by atoms with Gasteiger partial charge in [0.15, 0.2) is 0 Å². The van der Waals surface area contributed by atoms with Gasteiger partial charge in [-0.25, -0.2) is 4.98 Å². The molecule has 0 unspecified atom stereocenters. The van der Waals surface area contributed by atoms with Gasteiger partial charge in [-0.2, -0.15) is 9.49 Å². The smallest absolute Gasteiger partial charge is 0.213 e. The van der Waals surface area contributed by atoms with Crippen LogP contribution in [0.5, 0.6) is 0 Å². The number of hydrogen-bond acceptors (Lipinski definition) is 3. The molecule has 0 aliphatic carbocycles. The van der Waals surface area contributed by atoms with Gasteiger partial charge in [-0.15, -0.1) is 0 Å². The molecule has 0 atom stereocenters. The van der Waals surface area contributed by atoms with Gasteiger partial charge in [-0.05, 0) is 17.7 Å². The molecule has 0 saturated carbocycles. The van der Waals surface area contributed by atoms with Crippen LogP contribution in [0.3, 0.4) is 0 Å². The Kier molecular flexibility index (Phi) is 2.62. The van der Waals surface area contributed by atoms with Crippen LogP contribution in [0.15, 0.2) is 30.7 Å².